The molecule has 1 aromatic rings. The van der Waals surface area contributed by atoms with Crippen LogP contribution in [0.3, 0.4) is 0 Å². The molecule has 1 aromatic carbocycles. The summed E-state index contributed by atoms with van der Waals surface area (Å²) in [6, 6.07) is 6.29. The highest BCUT2D eigenvalue weighted by Gasteiger charge is 2.19. The Bertz CT molecular complexity index is 480. The number of benzene rings is 1. The van der Waals surface area contributed by atoms with Crippen LogP contribution < -0.4 is 5.73 Å². The van der Waals surface area contributed by atoms with Crippen LogP contribution in [0.25, 0.3) is 0 Å². The van der Waals surface area contributed by atoms with E-state index in [0.29, 0.717) is 22.9 Å². The molecule has 0 unspecified atom stereocenters. The molecule has 2 N–H and O–H groups in total. The maximum Gasteiger partial charge on any atom is 0.178 e. The first kappa shape index (κ1) is 15.5. The zero-order chi connectivity index (χ0) is 13.8. The maximum absolute atomic E-state index is 12.0. The maximum atomic E-state index is 12.0. The number of rotatable bonds is 6. The highest BCUT2D eigenvalue weighted by atomic mass is 35.5. The molecule has 18 heavy (non-hydrogen) atoms. The van der Waals surface area contributed by atoms with Crippen LogP contribution in [0.5, 0.6) is 0 Å². The summed E-state index contributed by atoms with van der Waals surface area (Å²) in [6.07, 6.45) is 1.42. The van der Waals surface area contributed by atoms with Gasteiger partial charge in [-0.1, -0.05) is 25.4 Å². The monoisotopic (exact) mass is 289 g/mol. The lowest BCUT2D eigenvalue weighted by molar-refractivity contribution is 0.344. The molecule has 0 fully saturated rings. The molecule has 102 valence electrons. The molecule has 0 aliphatic heterocycles. The second kappa shape index (κ2) is 6.04. The Balaban J connectivity index is 2.63. The fourth-order valence-electron chi connectivity index (χ4n) is 1.60. The molecule has 1 rings (SSSR count). The number of nitrogens with two attached hydrogens (primary N) is 1. The van der Waals surface area contributed by atoms with Gasteiger partial charge in [-0.3, -0.25) is 0 Å². The van der Waals surface area contributed by atoms with Crippen LogP contribution in [-0.2, 0) is 9.84 Å². The molecule has 0 radical (unpaired) electrons. The zero-order valence-electron chi connectivity index (χ0n) is 10.8. The van der Waals surface area contributed by atoms with Crippen molar-refractivity contribution in [3.8, 4) is 0 Å². The standard InChI is InChI=1S/C13H20ClNO2S/c1-13(2,10-15)8-3-9-18(16,17)12-6-4-11(14)5-7-12/h4-7H,3,8-10,15H2,1-2H3. The average Bonchev–Trinajstić information content (AvgIpc) is 2.29. The van der Waals surface area contributed by atoms with Gasteiger partial charge in [0.2, 0.25) is 0 Å². The molecule has 0 amide bonds. The van der Waals surface area contributed by atoms with Gasteiger partial charge >= 0.3 is 0 Å². The third-order valence-corrected chi connectivity index (χ3v) is 5.06. The first-order valence-electron chi connectivity index (χ1n) is 5.95. The molecule has 0 spiro atoms. The molecule has 0 bridgehead atoms. The van der Waals surface area contributed by atoms with Gasteiger partial charge in [-0.25, -0.2) is 8.42 Å². The van der Waals surface area contributed by atoms with E-state index in [1.807, 2.05) is 13.8 Å². The van der Waals surface area contributed by atoms with Crippen LogP contribution in [0.1, 0.15) is 26.7 Å². The van der Waals surface area contributed by atoms with Crippen molar-refractivity contribution in [3.63, 3.8) is 0 Å². The van der Waals surface area contributed by atoms with Crippen LogP contribution in [0.4, 0.5) is 0 Å². The SMILES string of the molecule is CC(C)(CN)CCCS(=O)(=O)c1ccc(Cl)cc1. The van der Waals surface area contributed by atoms with Gasteiger partial charge in [0.05, 0.1) is 10.6 Å². The van der Waals surface area contributed by atoms with E-state index in [4.69, 9.17) is 17.3 Å². The molecule has 5 heteroatoms. The van der Waals surface area contributed by atoms with Gasteiger partial charge in [-0.2, -0.15) is 0 Å². The van der Waals surface area contributed by atoms with E-state index in [1.165, 1.54) is 0 Å². The van der Waals surface area contributed by atoms with E-state index >= 15 is 0 Å². The van der Waals surface area contributed by atoms with Gasteiger partial charge in [0.15, 0.2) is 9.84 Å². The van der Waals surface area contributed by atoms with Gasteiger partial charge in [0.1, 0.15) is 0 Å². The minimum absolute atomic E-state index is 0.00445. The minimum atomic E-state index is -3.21. The summed E-state index contributed by atoms with van der Waals surface area (Å²) in [5.41, 5.74) is 5.62. The Hall–Kier alpha value is -0.580. The molecule has 0 saturated carbocycles. The normalized spacial score (nSPS) is 12.7. The van der Waals surface area contributed by atoms with Crippen LogP contribution in [0.2, 0.25) is 5.02 Å². The average molecular weight is 290 g/mol. The van der Waals surface area contributed by atoms with Crippen molar-refractivity contribution in [3.05, 3.63) is 29.3 Å². The number of halogens is 1. The lowest BCUT2D eigenvalue weighted by Gasteiger charge is -2.21. The lowest BCUT2D eigenvalue weighted by atomic mass is 9.88. The van der Waals surface area contributed by atoms with E-state index in [1.54, 1.807) is 24.3 Å². The van der Waals surface area contributed by atoms with Crippen LogP contribution in [0, 0.1) is 5.41 Å². The highest BCUT2D eigenvalue weighted by Crippen LogP contribution is 2.22. The van der Waals surface area contributed by atoms with Crippen molar-refractivity contribution in [1.82, 2.24) is 0 Å². The molecular formula is C13H20ClNO2S. The fourth-order valence-corrected chi connectivity index (χ4v) is 3.04. The van der Waals surface area contributed by atoms with Crippen molar-refractivity contribution in [1.29, 1.82) is 0 Å². The van der Waals surface area contributed by atoms with Crippen LogP contribution in [-0.4, -0.2) is 20.7 Å². The van der Waals surface area contributed by atoms with Crippen molar-refractivity contribution >= 4 is 21.4 Å². The summed E-state index contributed by atoms with van der Waals surface area (Å²) in [4.78, 5) is 0.331. The topological polar surface area (TPSA) is 60.2 Å². The van der Waals surface area contributed by atoms with E-state index in [-0.39, 0.29) is 11.2 Å². The van der Waals surface area contributed by atoms with Crippen molar-refractivity contribution in [2.45, 2.75) is 31.6 Å². The first-order valence-corrected chi connectivity index (χ1v) is 7.98. The summed E-state index contributed by atoms with van der Waals surface area (Å²) in [6.45, 7) is 4.65. The lowest BCUT2D eigenvalue weighted by Crippen LogP contribution is -2.24. The largest absolute Gasteiger partial charge is 0.330 e. The van der Waals surface area contributed by atoms with Gasteiger partial charge in [-0.05, 0) is 49.1 Å². The number of sulfone groups is 1. The van der Waals surface area contributed by atoms with Crippen molar-refractivity contribution < 1.29 is 8.42 Å². The molecule has 0 aliphatic carbocycles. The second-order valence-corrected chi connectivity index (χ2v) is 7.79. The molecule has 0 heterocycles. The van der Waals surface area contributed by atoms with E-state index in [0.717, 1.165) is 6.42 Å². The Morgan fingerprint density at radius 2 is 1.78 bits per heavy atom. The summed E-state index contributed by atoms with van der Waals surface area (Å²) in [7, 11) is -3.21. The summed E-state index contributed by atoms with van der Waals surface area (Å²) in [5.74, 6) is 0.151. The van der Waals surface area contributed by atoms with Gasteiger partial charge < -0.3 is 5.73 Å². The van der Waals surface area contributed by atoms with Crippen LogP contribution >= 0.6 is 11.6 Å². The first-order chi connectivity index (χ1) is 8.27. The molecule has 0 saturated heterocycles. The third-order valence-electron chi connectivity index (χ3n) is 2.99. The zero-order valence-corrected chi connectivity index (χ0v) is 12.4. The Labute approximate surface area is 114 Å². The Morgan fingerprint density at radius 1 is 1.22 bits per heavy atom. The van der Waals surface area contributed by atoms with E-state index in [2.05, 4.69) is 0 Å². The Morgan fingerprint density at radius 3 is 2.28 bits per heavy atom. The van der Waals surface area contributed by atoms with Crippen LogP contribution in [0.15, 0.2) is 29.2 Å². The smallest absolute Gasteiger partial charge is 0.178 e. The molecule has 3 nitrogen and oxygen atoms in total. The molecule has 0 aromatic heterocycles. The summed E-state index contributed by atoms with van der Waals surface area (Å²) < 4.78 is 24.1. The van der Waals surface area contributed by atoms with Crippen molar-refractivity contribution in [2.24, 2.45) is 11.1 Å². The van der Waals surface area contributed by atoms with E-state index < -0.39 is 9.84 Å². The molecular weight excluding hydrogens is 270 g/mol. The number of hydrogen-bond donors (Lipinski definition) is 1. The summed E-state index contributed by atoms with van der Waals surface area (Å²) in [5, 5.41) is 0.540. The van der Waals surface area contributed by atoms with Crippen molar-refractivity contribution in [2.75, 3.05) is 12.3 Å². The predicted molar refractivity (Wildman–Crippen MR) is 75.6 cm³/mol. The van der Waals surface area contributed by atoms with Gasteiger partial charge in [0.25, 0.3) is 0 Å². The highest BCUT2D eigenvalue weighted by molar-refractivity contribution is 7.91. The Kier molecular flexibility index (Phi) is 5.20. The summed E-state index contributed by atoms with van der Waals surface area (Å²) >= 11 is 5.74. The third kappa shape index (κ3) is 4.59. The van der Waals surface area contributed by atoms with Gasteiger partial charge in [-0.15, -0.1) is 0 Å². The predicted octanol–water partition coefficient (Wildman–Crippen LogP) is 2.88. The molecule has 0 aliphatic rings. The van der Waals surface area contributed by atoms with Gasteiger partial charge in [0, 0.05) is 5.02 Å². The quantitative estimate of drug-likeness (QED) is 0.876. The molecule has 0 atom stereocenters. The van der Waals surface area contributed by atoms with E-state index in [9.17, 15) is 8.42 Å². The number of hydrogen-bond acceptors (Lipinski definition) is 3. The fraction of sp³-hybridized carbons (Fsp3) is 0.538. The minimum Gasteiger partial charge on any atom is -0.330 e. The second-order valence-electron chi connectivity index (χ2n) is 5.24.